The van der Waals surface area contributed by atoms with E-state index in [1.807, 2.05) is 0 Å². The summed E-state index contributed by atoms with van der Waals surface area (Å²) in [5.41, 5.74) is 4.13. The molecule has 0 aliphatic carbocycles. The Morgan fingerprint density at radius 1 is 1.27 bits per heavy atom. The first-order valence-corrected chi connectivity index (χ1v) is 6.28. The van der Waals surface area contributed by atoms with E-state index < -0.39 is 0 Å². The van der Waals surface area contributed by atoms with Crippen LogP contribution in [0.5, 0.6) is 0 Å². The van der Waals surface area contributed by atoms with E-state index in [4.69, 9.17) is 4.74 Å². The van der Waals surface area contributed by atoms with Gasteiger partial charge in [0.05, 0.1) is 12.2 Å². The number of hydrogen-bond donors (Lipinski definition) is 0. The van der Waals surface area contributed by atoms with E-state index in [-0.39, 0.29) is 0 Å². The Hall–Kier alpha value is -0.340. The molecule has 0 amide bonds. The van der Waals surface area contributed by atoms with E-state index in [0.29, 0.717) is 12.2 Å². The van der Waals surface area contributed by atoms with Crippen LogP contribution in [0.4, 0.5) is 0 Å². The largest absolute Gasteiger partial charge is 0.370 e. The lowest BCUT2D eigenvalue weighted by Gasteiger charge is -2.07. The van der Waals surface area contributed by atoms with Crippen LogP contribution in [-0.4, -0.2) is 12.2 Å². The van der Waals surface area contributed by atoms with Gasteiger partial charge in [0.15, 0.2) is 0 Å². The third kappa shape index (κ3) is 2.61. The van der Waals surface area contributed by atoms with Crippen LogP contribution in [0.2, 0.25) is 0 Å². The van der Waals surface area contributed by atoms with Gasteiger partial charge in [0, 0.05) is 4.47 Å². The van der Waals surface area contributed by atoms with E-state index in [0.717, 1.165) is 12.8 Å². The fraction of sp³-hybridized carbons (Fsp3) is 0.538. The topological polar surface area (TPSA) is 12.5 Å². The van der Waals surface area contributed by atoms with Gasteiger partial charge in [0.1, 0.15) is 0 Å². The van der Waals surface area contributed by atoms with Gasteiger partial charge >= 0.3 is 0 Å². The maximum Gasteiger partial charge on any atom is 0.0842 e. The molecule has 2 heteroatoms. The van der Waals surface area contributed by atoms with Crippen LogP contribution in [0.15, 0.2) is 16.6 Å². The van der Waals surface area contributed by atoms with Gasteiger partial charge < -0.3 is 4.74 Å². The second kappa shape index (κ2) is 4.26. The molecule has 2 atom stereocenters. The van der Waals surface area contributed by atoms with Crippen LogP contribution in [0, 0.1) is 13.8 Å². The van der Waals surface area contributed by atoms with Crippen LogP contribution in [-0.2, 0) is 11.2 Å². The lowest BCUT2D eigenvalue weighted by Crippen LogP contribution is -1.96. The van der Waals surface area contributed by atoms with Crippen LogP contribution in [0.1, 0.15) is 30.0 Å². The highest BCUT2D eigenvalue weighted by Gasteiger charge is 2.33. The predicted octanol–water partition coefficient (Wildman–Crippen LogP) is 3.79. The highest BCUT2D eigenvalue weighted by Crippen LogP contribution is 2.28. The van der Waals surface area contributed by atoms with E-state index in [2.05, 4.69) is 48.8 Å². The van der Waals surface area contributed by atoms with Gasteiger partial charge in [0.25, 0.3) is 0 Å². The van der Waals surface area contributed by atoms with Crippen molar-refractivity contribution in [2.24, 2.45) is 0 Å². The van der Waals surface area contributed by atoms with Gasteiger partial charge in [0.2, 0.25) is 0 Å². The molecule has 0 radical (unpaired) electrons. The van der Waals surface area contributed by atoms with Crippen molar-refractivity contribution >= 4 is 15.9 Å². The van der Waals surface area contributed by atoms with Gasteiger partial charge in [-0.3, -0.25) is 0 Å². The molecule has 1 fully saturated rings. The molecule has 1 aromatic carbocycles. The van der Waals surface area contributed by atoms with Crippen LogP contribution in [0.25, 0.3) is 0 Å². The summed E-state index contributed by atoms with van der Waals surface area (Å²) in [5.74, 6) is 0. The van der Waals surface area contributed by atoms with Crippen molar-refractivity contribution in [3.05, 3.63) is 33.3 Å². The second-order valence-electron chi connectivity index (χ2n) is 4.45. The summed E-state index contributed by atoms with van der Waals surface area (Å²) in [6.07, 6.45) is 3.23. The van der Waals surface area contributed by atoms with Crippen LogP contribution in [0.3, 0.4) is 0 Å². The molecule has 1 saturated heterocycles. The molecule has 1 aliphatic heterocycles. The highest BCUT2D eigenvalue weighted by molar-refractivity contribution is 9.10. The summed E-state index contributed by atoms with van der Waals surface area (Å²) in [5, 5.41) is 0. The van der Waals surface area contributed by atoms with Gasteiger partial charge in [-0.15, -0.1) is 0 Å². The molecule has 82 valence electrons. The average molecular weight is 269 g/mol. The van der Waals surface area contributed by atoms with Crippen molar-refractivity contribution in [2.75, 3.05) is 0 Å². The van der Waals surface area contributed by atoms with Crippen molar-refractivity contribution in [3.63, 3.8) is 0 Å². The van der Waals surface area contributed by atoms with E-state index in [9.17, 15) is 0 Å². The standard InChI is InChI=1S/C13H17BrO/c1-8-6-11(12(14)7-9(8)2)4-5-13-10(3)15-13/h6-7,10,13H,4-5H2,1-3H3. The van der Waals surface area contributed by atoms with E-state index in [1.54, 1.807) is 0 Å². The molecular formula is C13H17BrO. The Morgan fingerprint density at radius 3 is 2.47 bits per heavy atom. The van der Waals surface area contributed by atoms with Crippen LogP contribution >= 0.6 is 15.9 Å². The Labute approximate surface area is 100.0 Å². The minimum absolute atomic E-state index is 0.482. The number of hydrogen-bond acceptors (Lipinski definition) is 1. The van der Waals surface area contributed by atoms with Gasteiger partial charge in [-0.2, -0.15) is 0 Å². The summed E-state index contributed by atoms with van der Waals surface area (Å²) in [6, 6.07) is 4.49. The first-order chi connectivity index (χ1) is 7.08. The van der Waals surface area contributed by atoms with Gasteiger partial charge in [-0.1, -0.05) is 22.0 Å². The summed E-state index contributed by atoms with van der Waals surface area (Å²) in [7, 11) is 0. The summed E-state index contributed by atoms with van der Waals surface area (Å²) in [6.45, 7) is 6.46. The number of ether oxygens (including phenoxy) is 1. The molecule has 1 nitrogen and oxygen atoms in total. The normalized spacial score (nSPS) is 24.3. The summed E-state index contributed by atoms with van der Waals surface area (Å²) >= 11 is 3.63. The molecular weight excluding hydrogens is 252 g/mol. The zero-order valence-electron chi connectivity index (χ0n) is 9.51. The number of rotatable bonds is 3. The fourth-order valence-corrected chi connectivity index (χ4v) is 2.52. The van der Waals surface area contributed by atoms with Gasteiger partial charge in [-0.05, 0) is 56.4 Å². The Kier molecular flexibility index (Phi) is 3.17. The number of aryl methyl sites for hydroxylation is 3. The SMILES string of the molecule is Cc1cc(Br)c(CCC2OC2C)cc1C. The van der Waals surface area contributed by atoms with E-state index in [1.165, 1.54) is 21.2 Å². The zero-order chi connectivity index (χ0) is 11.0. The molecule has 0 N–H and O–H groups in total. The summed E-state index contributed by atoms with van der Waals surface area (Å²) < 4.78 is 6.65. The van der Waals surface area contributed by atoms with Crippen molar-refractivity contribution in [2.45, 2.75) is 45.8 Å². The Bertz CT molecular complexity index is 373. The lowest BCUT2D eigenvalue weighted by molar-refractivity contribution is 0.370. The smallest absolute Gasteiger partial charge is 0.0842 e. The second-order valence-corrected chi connectivity index (χ2v) is 5.30. The summed E-state index contributed by atoms with van der Waals surface area (Å²) in [4.78, 5) is 0. The molecule has 15 heavy (non-hydrogen) atoms. The molecule has 0 spiro atoms. The highest BCUT2D eigenvalue weighted by atomic mass is 79.9. The van der Waals surface area contributed by atoms with Crippen molar-refractivity contribution in [1.29, 1.82) is 0 Å². The molecule has 0 saturated carbocycles. The molecule has 1 heterocycles. The number of benzene rings is 1. The van der Waals surface area contributed by atoms with Gasteiger partial charge in [-0.25, -0.2) is 0 Å². The molecule has 2 unspecified atom stereocenters. The first kappa shape index (κ1) is 11.2. The minimum atomic E-state index is 0.482. The van der Waals surface area contributed by atoms with Crippen molar-refractivity contribution in [1.82, 2.24) is 0 Å². The Balaban J connectivity index is 2.04. The molecule has 2 rings (SSSR count). The third-order valence-corrected chi connectivity index (χ3v) is 3.94. The zero-order valence-corrected chi connectivity index (χ0v) is 11.1. The van der Waals surface area contributed by atoms with Crippen molar-refractivity contribution in [3.8, 4) is 0 Å². The number of epoxide rings is 1. The first-order valence-electron chi connectivity index (χ1n) is 5.49. The lowest BCUT2D eigenvalue weighted by atomic mass is 10.0. The molecule has 0 bridgehead atoms. The average Bonchev–Trinajstić information content (AvgIpc) is 2.86. The molecule has 1 aliphatic rings. The monoisotopic (exact) mass is 268 g/mol. The Morgan fingerprint density at radius 2 is 1.87 bits per heavy atom. The fourth-order valence-electron chi connectivity index (χ4n) is 1.86. The third-order valence-electron chi connectivity index (χ3n) is 3.20. The van der Waals surface area contributed by atoms with Crippen molar-refractivity contribution < 1.29 is 4.74 Å². The predicted molar refractivity (Wildman–Crippen MR) is 66.3 cm³/mol. The maximum absolute atomic E-state index is 5.42. The molecule has 1 aromatic rings. The van der Waals surface area contributed by atoms with Crippen LogP contribution < -0.4 is 0 Å². The molecule has 0 aromatic heterocycles. The minimum Gasteiger partial charge on any atom is -0.370 e. The number of halogens is 1. The van der Waals surface area contributed by atoms with E-state index >= 15 is 0 Å². The quantitative estimate of drug-likeness (QED) is 0.761. The maximum atomic E-state index is 5.42.